The Hall–Kier alpha value is -3.60. The molecule has 2 aromatic carbocycles. The number of halogens is 6. The molecule has 1 aromatic heterocycles. The molecule has 3 aromatic rings. The fourth-order valence-corrected chi connectivity index (χ4v) is 2.63. The van der Waals surface area contributed by atoms with Crippen LogP contribution in [0.2, 0.25) is 0 Å². The summed E-state index contributed by atoms with van der Waals surface area (Å²) in [6.07, 6.45) is -3.80. The van der Waals surface area contributed by atoms with Crippen molar-refractivity contribution >= 4 is 11.6 Å². The normalized spacial score (nSPS) is 12.3. The largest absolute Gasteiger partial charge is 0.439 e. The number of amides is 1. The van der Waals surface area contributed by atoms with Crippen LogP contribution in [0, 0.1) is 17.5 Å². The van der Waals surface area contributed by atoms with Gasteiger partial charge in [-0.3, -0.25) is 4.79 Å². The molecule has 1 atom stereocenters. The lowest BCUT2D eigenvalue weighted by molar-refractivity contribution is -0.137. The van der Waals surface area contributed by atoms with Crippen LogP contribution in [-0.2, 0) is 17.4 Å². The van der Waals surface area contributed by atoms with Crippen molar-refractivity contribution < 1.29 is 35.9 Å². The van der Waals surface area contributed by atoms with Gasteiger partial charge in [-0.25, -0.2) is 18.2 Å². The molecule has 0 fully saturated rings. The second-order valence-corrected chi connectivity index (χ2v) is 6.68. The molecule has 0 bridgehead atoms. The van der Waals surface area contributed by atoms with E-state index in [1.54, 1.807) is 12.1 Å². The minimum absolute atomic E-state index is 0.0411. The van der Waals surface area contributed by atoms with Crippen LogP contribution >= 0.6 is 0 Å². The highest BCUT2D eigenvalue weighted by atomic mass is 19.4. The molecule has 0 saturated heterocycles. The van der Waals surface area contributed by atoms with Gasteiger partial charge < -0.3 is 15.8 Å². The van der Waals surface area contributed by atoms with Crippen molar-refractivity contribution in [3.05, 3.63) is 83.3 Å². The summed E-state index contributed by atoms with van der Waals surface area (Å²) in [5.74, 6) is -5.05. The smallest absolute Gasteiger partial charge is 0.417 e. The quantitative estimate of drug-likeness (QED) is 0.413. The zero-order chi connectivity index (χ0) is 23.5. The Morgan fingerprint density at radius 1 is 1.03 bits per heavy atom. The number of rotatable bonds is 6. The van der Waals surface area contributed by atoms with Gasteiger partial charge in [-0.05, 0) is 30.2 Å². The third-order valence-electron chi connectivity index (χ3n) is 4.25. The number of hydrogen-bond acceptors (Lipinski definition) is 4. The van der Waals surface area contributed by atoms with Crippen molar-refractivity contribution in [2.75, 3.05) is 5.32 Å². The molecule has 0 aliphatic carbocycles. The van der Waals surface area contributed by atoms with E-state index >= 15 is 0 Å². The summed E-state index contributed by atoms with van der Waals surface area (Å²) < 4.78 is 82.5. The molecule has 11 heteroatoms. The molecule has 5 nitrogen and oxygen atoms in total. The minimum Gasteiger partial charge on any atom is -0.439 e. The number of nitrogens with zero attached hydrogens (tertiary/aromatic N) is 1. The summed E-state index contributed by atoms with van der Waals surface area (Å²) in [4.78, 5) is 15.7. The molecular weight excluding hydrogens is 440 g/mol. The average molecular weight is 455 g/mol. The molecule has 0 saturated carbocycles. The highest BCUT2D eigenvalue weighted by Gasteiger charge is 2.30. The summed E-state index contributed by atoms with van der Waals surface area (Å²) in [6, 6.07) is 8.25. The topological polar surface area (TPSA) is 77.2 Å². The highest BCUT2D eigenvalue weighted by Crippen LogP contribution is 2.30. The van der Waals surface area contributed by atoms with Crippen molar-refractivity contribution in [2.45, 2.75) is 18.6 Å². The van der Waals surface area contributed by atoms with Gasteiger partial charge in [0.2, 0.25) is 11.8 Å². The van der Waals surface area contributed by atoms with E-state index < -0.39 is 41.1 Å². The van der Waals surface area contributed by atoms with Gasteiger partial charge in [0.15, 0.2) is 17.5 Å². The van der Waals surface area contributed by atoms with E-state index in [1.807, 2.05) is 0 Å². The predicted molar refractivity (Wildman–Crippen MR) is 102 cm³/mol. The van der Waals surface area contributed by atoms with E-state index in [9.17, 15) is 31.1 Å². The monoisotopic (exact) mass is 455 g/mol. The summed E-state index contributed by atoms with van der Waals surface area (Å²) >= 11 is 0. The molecule has 32 heavy (non-hydrogen) atoms. The van der Waals surface area contributed by atoms with Crippen LogP contribution in [0.4, 0.5) is 32.0 Å². The van der Waals surface area contributed by atoms with Gasteiger partial charge in [0.05, 0.1) is 11.6 Å². The van der Waals surface area contributed by atoms with Gasteiger partial charge in [-0.2, -0.15) is 13.2 Å². The first-order chi connectivity index (χ1) is 15.0. The Kier molecular flexibility index (Phi) is 6.68. The summed E-state index contributed by atoms with van der Waals surface area (Å²) in [7, 11) is 0. The standard InChI is InChI=1S/C21H15F6N3O2/c22-15-8-13(9-16(23)19(15)24)30-20(31)17(28)7-11-1-4-14(5-2-11)32-18-6-3-12(10-29-18)21(25,26)27/h1-6,8-10,17H,7,28H2,(H,30,31)/t17-/m0/s1. The van der Waals surface area contributed by atoms with E-state index in [0.29, 0.717) is 23.9 Å². The average Bonchev–Trinajstić information content (AvgIpc) is 2.73. The molecule has 0 aliphatic rings. The van der Waals surface area contributed by atoms with Crippen LogP contribution in [0.1, 0.15) is 11.1 Å². The summed E-state index contributed by atoms with van der Waals surface area (Å²) in [6.45, 7) is 0. The van der Waals surface area contributed by atoms with E-state index in [1.165, 1.54) is 12.1 Å². The molecule has 1 amide bonds. The van der Waals surface area contributed by atoms with Gasteiger partial charge in [-0.15, -0.1) is 0 Å². The lowest BCUT2D eigenvalue weighted by Gasteiger charge is -2.13. The number of anilines is 1. The van der Waals surface area contributed by atoms with Gasteiger partial charge in [0.25, 0.3) is 0 Å². The molecule has 0 aliphatic heterocycles. The molecular formula is C21H15F6N3O2. The fraction of sp³-hybridized carbons (Fsp3) is 0.143. The van der Waals surface area contributed by atoms with Crippen LogP contribution in [-0.4, -0.2) is 16.9 Å². The Balaban J connectivity index is 1.58. The first kappa shape index (κ1) is 23.1. The number of ether oxygens (including phenoxy) is 1. The van der Waals surface area contributed by atoms with Crippen molar-refractivity contribution in [1.82, 2.24) is 4.98 Å². The first-order valence-electron chi connectivity index (χ1n) is 9.04. The molecule has 0 radical (unpaired) electrons. The molecule has 0 spiro atoms. The van der Waals surface area contributed by atoms with E-state index in [0.717, 1.165) is 12.1 Å². The van der Waals surface area contributed by atoms with Crippen LogP contribution in [0.25, 0.3) is 0 Å². The molecule has 168 valence electrons. The number of pyridine rings is 1. The Labute approximate surface area is 177 Å². The lowest BCUT2D eigenvalue weighted by Crippen LogP contribution is -2.37. The van der Waals surface area contributed by atoms with Crippen molar-refractivity contribution in [1.29, 1.82) is 0 Å². The zero-order valence-electron chi connectivity index (χ0n) is 16.1. The number of nitrogens with two attached hydrogens (primary N) is 1. The number of aromatic nitrogens is 1. The SMILES string of the molecule is N[C@@H](Cc1ccc(Oc2ccc(C(F)(F)F)cn2)cc1)C(=O)Nc1cc(F)c(F)c(F)c1. The molecule has 3 N–H and O–H groups in total. The summed E-state index contributed by atoms with van der Waals surface area (Å²) in [5, 5.41) is 2.21. The van der Waals surface area contributed by atoms with Crippen molar-refractivity contribution in [3.63, 3.8) is 0 Å². The number of hydrogen-bond donors (Lipinski definition) is 2. The van der Waals surface area contributed by atoms with Gasteiger partial charge >= 0.3 is 6.18 Å². The number of benzene rings is 2. The van der Waals surface area contributed by atoms with Crippen molar-refractivity contribution in [3.8, 4) is 11.6 Å². The van der Waals surface area contributed by atoms with E-state index in [-0.39, 0.29) is 23.7 Å². The highest BCUT2D eigenvalue weighted by molar-refractivity contribution is 5.94. The minimum atomic E-state index is -4.50. The lowest BCUT2D eigenvalue weighted by atomic mass is 10.1. The Morgan fingerprint density at radius 2 is 1.66 bits per heavy atom. The predicted octanol–water partition coefficient (Wildman–Crippen LogP) is 4.82. The van der Waals surface area contributed by atoms with E-state index in [2.05, 4.69) is 10.3 Å². The van der Waals surface area contributed by atoms with Gasteiger partial charge in [0.1, 0.15) is 5.75 Å². The van der Waals surface area contributed by atoms with E-state index in [4.69, 9.17) is 10.5 Å². The number of carbonyl (C=O) groups excluding carboxylic acids is 1. The third-order valence-corrected chi connectivity index (χ3v) is 4.25. The van der Waals surface area contributed by atoms with Crippen LogP contribution in [0.5, 0.6) is 11.6 Å². The van der Waals surface area contributed by atoms with Gasteiger partial charge in [0, 0.05) is 30.1 Å². The fourth-order valence-electron chi connectivity index (χ4n) is 2.63. The number of carbonyl (C=O) groups is 1. The Bertz CT molecular complexity index is 1080. The second kappa shape index (κ2) is 9.27. The second-order valence-electron chi connectivity index (χ2n) is 6.68. The van der Waals surface area contributed by atoms with Gasteiger partial charge in [-0.1, -0.05) is 12.1 Å². The maximum Gasteiger partial charge on any atom is 0.417 e. The molecule has 3 rings (SSSR count). The summed E-state index contributed by atoms with van der Waals surface area (Å²) in [5.41, 5.74) is 5.23. The van der Waals surface area contributed by atoms with Crippen LogP contribution < -0.4 is 15.8 Å². The third kappa shape index (κ3) is 5.76. The number of alkyl halides is 3. The van der Waals surface area contributed by atoms with Crippen molar-refractivity contribution in [2.24, 2.45) is 5.73 Å². The maximum absolute atomic E-state index is 13.2. The maximum atomic E-state index is 13.2. The zero-order valence-corrected chi connectivity index (χ0v) is 16.1. The number of nitrogens with one attached hydrogen (secondary N) is 1. The first-order valence-corrected chi connectivity index (χ1v) is 9.04. The van der Waals surface area contributed by atoms with Crippen LogP contribution in [0.15, 0.2) is 54.7 Å². The molecule has 0 unspecified atom stereocenters. The Morgan fingerprint density at radius 3 is 2.19 bits per heavy atom. The van der Waals surface area contributed by atoms with Crippen LogP contribution in [0.3, 0.4) is 0 Å². The molecule has 1 heterocycles.